The van der Waals surface area contributed by atoms with E-state index in [0.717, 1.165) is 23.3 Å². The van der Waals surface area contributed by atoms with Crippen LogP contribution >= 0.6 is 0 Å². The molecule has 1 aliphatic heterocycles. The Morgan fingerprint density at radius 2 is 1.94 bits per heavy atom. The lowest BCUT2D eigenvalue weighted by molar-refractivity contribution is -0.117. The number of hydrogen-bond donors (Lipinski definition) is 2. The second kappa shape index (κ2) is 9.10. The largest absolute Gasteiger partial charge is 0.342 e. The lowest BCUT2D eigenvalue weighted by Crippen LogP contribution is -2.47. The third-order valence-corrected chi connectivity index (χ3v) is 6.21. The van der Waals surface area contributed by atoms with Crippen LogP contribution in [0.3, 0.4) is 0 Å². The van der Waals surface area contributed by atoms with E-state index < -0.39 is 5.54 Å². The number of carbonyl (C=O) groups excluding carboxylic acids is 1. The molecule has 2 aromatic heterocycles. The molecule has 0 fully saturated rings. The maximum Gasteiger partial charge on any atom is 0.256 e. The fourth-order valence-corrected chi connectivity index (χ4v) is 4.31. The van der Waals surface area contributed by atoms with E-state index in [1.54, 1.807) is 0 Å². The third kappa shape index (κ3) is 4.38. The van der Waals surface area contributed by atoms with Crippen LogP contribution in [-0.2, 0) is 16.8 Å². The van der Waals surface area contributed by atoms with Crippen LogP contribution in [0.15, 0.2) is 42.9 Å². The van der Waals surface area contributed by atoms with Gasteiger partial charge in [-0.3, -0.25) is 14.6 Å². The van der Waals surface area contributed by atoms with Gasteiger partial charge in [-0.1, -0.05) is 44.0 Å². The fourth-order valence-electron chi connectivity index (χ4n) is 4.31. The maximum atomic E-state index is 13.4. The second-order valence-electron chi connectivity index (χ2n) is 9.08. The number of benzene rings is 1. The van der Waals surface area contributed by atoms with Crippen LogP contribution in [0, 0.1) is 0 Å². The molecule has 0 aliphatic carbocycles. The van der Waals surface area contributed by atoms with E-state index in [4.69, 9.17) is 5.10 Å². The summed E-state index contributed by atoms with van der Waals surface area (Å²) in [6.45, 7) is 8.47. The van der Waals surface area contributed by atoms with E-state index >= 15 is 0 Å². The van der Waals surface area contributed by atoms with Gasteiger partial charge in [-0.15, -0.1) is 0 Å². The highest BCUT2D eigenvalue weighted by atomic mass is 16.2. The van der Waals surface area contributed by atoms with E-state index in [9.17, 15) is 4.79 Å². The molecule has 168 valence electrons. The molecule has 4 rings (SSSR count). The molecule has 3 heterocycles. The third-order valence-electron chi connectivity index (χ3n) is 6.21. The number of aromatic nitrogens is 5. The first kappa shape index (κ1) is 22.0. The molecule has 0 saturated carbocycles. The number of carbonyl (C=O) groups is 1. The Labute approximate surface area is 189 Å². The molecule has 7 nitrogen and oxygen atoms in total. The van der Waals surface area contributed by atoms with E-state index in [2.05, 4.69) is 72.5 Å². The smallest absolute Gasteiger partial charge is 0.256 e. The normalized spacial score (nSPS) is 19.0. The van der Waals surface area contributed by atoms with Crippen molar-refractivity contribution in [2.45, 2.75) is 71.4 Å². The number of nitrogens with zero attached hydrogens (tertiary/aromatic N) is 4. The molecule has 7 heteroatoms. The first-order valence-corrected chi connectivity index (χ1v) is 11.5. The number of aryl methyl sites for hydroxylation is 1. The summed E-state index contributed by atoms with van der Waals surface area (Å²) in [5.74, 6) is 0.293. The highest BCUT2D eigenvalue weighted by Crippen LogP contribution is 2.40. The average molecular weight is 433 g/mol. The minimum absolute atomic E-state index is 0.170. The van der Waals surface area contributed by atoms with Gasteiger partial charge >= 0.3 is 0 Å². The minimum Gasteiger partial charge on any atom is -0.342 e. The molecular formula is C25H32N6O. The van der Waals surface area contributed by atoms with E-state index in [-0.39, 0.29) is 11.9 Å². The van der Waals surface area contributed by atoms with Crippen molar-refractivity contribution in [2.24, 2.45) is 0 Å². The van der Waals surface area contributed by atoms with Crippen molar-refractivity contribution in [2.75, 3.05) is 0 Å². The van der Waals surface area contributed by atoms with Crippen molar-refractivity contribution in [1.82, 2.24) is 30.3 Å². The molecule has 0 radical (unpaired) electrons. The number of H-pyrrole nitrogens is 1. The van der Waals surface area contributed by atoms with Crippen molar-refractivity contribution in [3.05, 3.63) is 65.5 Å². The highest BCUT2D eigenvalue weighted by molar-refractivity contribution is 6.27. The molecule has 2 N–H and O–H groups in total. The van der Waals surface area contributed by atoms with Crippen LogP contribution in [-0.4, -0.2) is 30.9 Å². The van der Waals surface area contributed by atoms with Crippen molar-refractivity contribution in [1.29, 1.82) is 0 Å². The fraction of sp³-hybridized carbons (Fsp3) is 0.440. The first-order valence-electron chi connectivity index (χ1n) is 11.5. The summed E-state index contributed by atoms with van der Waals surface area (Å²) in [4.78, 5) is 17.6. The maximum absolute atomic E-state index is 13.4. The van der Waals surface area contributed by atoms with Gasteiger partial charge in [-0.2, -0.15) is 10.2 Å². The van der Waals surface area contributed by atoms with Crippen LogP contribution < -0.4 is 5.32 Å². The number of hydrogen-bond acceptors (Lipinski definition) is 4. The topological polar surface area (TPSA) is 88.5 Å². The predicted molar refractivity (Wildman–Crippen MR) is 126 cm³/mol. The number of nitrogens with one attached hydrogen (secondary N) is 2. The Morgan fingerprint density at radius 3 is 2.56 bits per heavy atom. The van der Waals surface area contributed by atoms with E-state index in [0.29, 0.717) is 17.8 Å². The van der Waals surface area contributed by atoms with Crippen molar-refractivity contribution >= 4 is 17.1 Å². The first-order chi connectivity index (χ1) is 15.4. The summed E-state index contributed by atoms with van der Waals surface area (Å²) < 4.78 is 1.91. The summed E-state index contributed by atoms with van der Waals surface area (Å²) in [6.07, 6.45) is 8.75. The predicted octanol–water partition coefficient (Wildman–Crippen LogP) is 4.66. The standard InChI is InChI=1S/C25H32N6O/c1-5-6-7-8-18-9-11-19(12-10-18)25(4)15-20(21-13-14-31(30-21)17(2)3)22(24(32)28-25)23-26-16-27-29-23/h9-14,16-17H,5-8,15H2,1-4H3,(H,28,32)(H,26,27,29)/t25-/m0/s1. The Morgan fingerprint density at radius 1 is 1.16 bits per heavy atom. The van der Waals surface area contributed by atoms with E-state index in [1.165, 1.54) is 31.2 Å². The van der Waals surface area contributed by atoms with Gasteiger partial charge in [-0.05, 0) is 56.4 Å². The van der Waals surface area contributed by atoms with Crippen LogP contribution in [0.25, 0.3) is 11.1 Å². The molecule has 0 saturated heterocycles. The summed E-state index contributed by atoms with van der Waals surface area (Å²) in [6, 6.07) is 10.9. The van der Waals surface area contributed by atoms with Crippen LogP contribution in [0.5, 0.6) is 0 Å². The van der Waals surface area contributed by atoms with Gasteiger partial charge in [0.05, 0.1) is 16.8 Å². The molecule has 3 aromatic rings. The Balaban J connectivity index is 1.70. The van der Waals surface area contributed by atoms with Crippen molar-refractivity contribution < 1.29 is 4.79 Å². The number of unbranched alkanes of at least 4 members (excludes halogenated alkanes) is 2. The number of amides is 1. The van der Waals surface area contributed by atoms with Gasteiger partial charge in [0.1, 0.15) is 6.33 Å². The van der Waals surface area contributed by atoms with Crippen LogP contribution in [0.2, 0.25) is 0 Å². The SMILES string of the molecule is CCCCCc1ccc([C@]2(C)CC(c3ccn(C(C)C)n3)=C(c3ncn[nH]3)C(=O)N2)cc1. The van der Waals surface area contributed by atoms with Gasteiger partial charge in [0.2, 0.25) is 0 Å². The monoisotopic (exact) mass is 432 g/mol. The molecule has 1 aromatic carbocycles. The van der Waals surface area contributed by atoms with E-state index in [1.807, 2.05) is 16.9 Å². The Kier molecular flexibility index (Phi) is 6.26. The lowest BCUT2D eigenvalue weighted by atomic mass is 9.79. The Hall–Kier alpha value is -3.22. The molecule has 1 amide bonds. The average Bonchev–Trinajstić information content (AvgIpc) is 3.46. The zero-order valence-corrected chi connectivity index (χ0v) is 19.4. The van der Waals surface area contributed by atoms with Crippen molar-refractivity contribution in [3.8, 4) is 0 Å². The van der Waals surface area contributed by atoms with Gasteiger partial charge in [0.15, 0.2) is 5.82 Å². The molecule has 1 aliphatic rings. The lowest BCUT2D eigenvalue weighted by Gasteiger charge is -2.37. The molecule has 0 bridgehead atoms. The van der Waals surface area contributed by atoms with Gasteiger partial charge in [0, 0.05) is 18.7 Å². The summed E-state index contributed by atoms with van der Waals surface area (Å²) in [7, 11) is 0. The summed E-state index contributed by atoms with van der Waals surface area (Å²) >= 11 is 0. The zero-order valence-electron chi connectivity index (χ0n) is 19.4. The molecule has 32 heavy (non-hydrogen) atoms. The Bertz CT molecular complexity index is 1090. The minimum atomic E-state index is -0.542. The number of aromatic amines is 1. The molecular weight excluding hydrogens is 400 g/mol. The summed E-state index contributed by atoms with van der Waals surface area (Å²) in [5, 5.41) is 14.8. The molecule has 0 unspecified atom stereocenters. The van der Waals surface area contributed by atoms with Crippen LogP contribution in [0.1, 0.15) is 82.1 Å². The number of rotatable bonds is 8. The van der Waals surface area contributed by atoms with Gasteiger partial charge < -0.3 is 5.32 Å². The quantitative estimate of drug-likeness (QED) is 0.507. The molecule has 0 spiro atoms. The zero-order chi connectivity index (χ0) is 22.7. The second-order valence-corrected chi connectivity index (χ2v) is 9.08. The van der Waals surface area contributed by atoms with Crippen molar-refractivity contribution in [3.63, 3.8) is 0 Å². The highest BCUT2D eigenvalue weighted by Gasteiger charge is 2.39. The van der Waals surface area contributed by atoms with Gasteiger partial charge in [0.25, 0.3) is 5.91 Å². The summed E-state index contributed by atoms with van der Waals surface area (Å²) in [5.41, 5.74) is 4.05. The van der Waals surface area contributed by atoms with Crippen LogP contribution in [0.4, 0.5) is 0 Å². The molecule has 1 atom stereocenters. The van der Waals surface area contributed by atoms with Gasteiger partial charge in [-0.25, -0.2) is 4.98 Å².